The maximum absolute atomic E-state index is 13.7. The van der Waals surface area contributed by atoms with Crippen LogP contribution in [0.4, 0.5) is 18.9 Å². The number of carbonyl (C=O) groups excluding carboxylic acids is 3. The molecule has 55 heavy (non-hydrogen) atoms. The Morgan fingerprint density at radius 1 is 0.945 bits per heavy atom. The number of hydrogen-bond acceptors (Lipinski definition) is 8. The number of nitrogens with zero attached hydrogens (tertiary/aromatic N) is 3. The van der Waals surface area contributed by atoms with Crippen LogP contribution in [0.2, 0.25) is 0 Å². The van der Waals surface area contributed by atoms with Gasteiger partial charge < -0.3 is 29.8 Å². The molecule has 0 aliphatic rings. The molecule has 0 saturated heterocycles. The second-order valence-electron chi connectivity index (χ2n) is 13.0. The number of carboxylic acid groups (broad SMARTS) is 1. The minimum atomic E-state index is -4.66. The summed E-state index contributed by atoms with van der Waals surface area (Å²) >= 11 is 0. The molecule has 5 rings (SSSR count). The van der Waals surface area contributed by atoms with Gasteiger partial charge in [-0.2, -0.15) is 18.3 Å². The first-order valence-corrected chi connectivity index (χ1v) is 17.6. The first-order valence-electron chi connectivity index (χ1n) is 17.6. The number of amides is 2. The Balaban J connectivity index is 1.12. The van der Waals surface area contributed by atoms with Crippen LogP contribution in [0.1, 0.15) is 63.0 Å². The van der Waals surface area contributed by atoms with E-state index in [0.29, 0.717) is 35.1 Å². The Labute approximate surface area is 314 Å². The SMILES string of the molecule is Cc1cncn1-c1cc(C(=O)Nc2cccc(CCc3ccc4c(C(=O)C[C@@H](C)C(=O)NCCOCCOCCC(=O)O)n[nH]c4c3)c2)cc(C(F)(F)F)c1. The van der Waals surface area contributed by atoms with Gasteiger partial charge in [0.05, 0.1) is 50.3 Å². The van der Waals surface area contributed by atoms with Crippen molar-refractivity contribution in [3.05, 3.63) is 107 Å². The van der Waals surface area contributed by atoms with Crippen LogP contribution in [-0.4, -0.2) is 81.4 Å². The second-order valence-corrected chi connectivity index (χ2v) is 13.0. The summed E-state index contributed by atoms with van der Waals surface area (Å²) in [6.45, 7) is 4.44. The fourth-order valence-corrected chi connectivity index (χ4v) is 5.78. The second kappa shape index (κ2) is 18.4. The summed E-state index contributed by atoms with van der Waals surface area (Å²) in [6.07, 6.45) is -0.688. The molecular formula is C39H41F3N6O7. The highest BCUT2D eigenvalue weighted by Gasteiger charge is 2.32. The number of carbonyl (C=O) groups is 4. The third-order valence-electron chi connectivity index (χ3n) is 8.70. The number of ether oxygens (including phenoxy) is 2. The van der Waals surface area contributed by atoms with Gasteiger partial charge in [0, 0.05) is 53.1 Å². The fourth-order valence-electron chi connectivity index (χ4n) is 5.78. The molecule has 16 heteroatoms. The molecule has 0 bridgehead atoms. The van der Waals surface area contributed by atoms with Gasteiger partial charge in [-0.1, -0.05) is 31.2 Å². The lowest BCUT2D eigenvalue weighted by molar-refractivity contribution is -0.139. The molecule has 13 nitrogen and oxygen atoms in total. The standard InChI is InChI=1S/C39H41F3N6O7/c1-24(37(52)44-11-13-55-15-14-54-12-10-35(50)51)16-34(49)36-32-9-8-27(18-33(32)46-47-36)7-6-26-4-3-5-30(17-26)45-38(53)28-19-29(39(40,41)42)21-31(20-28)48-23-43-22-25(48)2/h3-5,8-9,17-24H,6-7,10-16H2,1-2H3,(H,44,52)(H,45,53)(H,46,47)(H,50,51)/t24-/m1/s1. The van der Waals surface area contributed by atoms with Crippen molar-refractivity contribution >= 4 is 40.2 Å². The van der Waals surface area contributed by atoms with E-state index < -0.39 is 29.5 Å². The number of anilines is 1. The van der Waals surface area contributed by atoms with Crippen LogP contribution >= 0.6 is 0 Å². The highest BCUT2D eigenvalue weighted by molar-refractivity contribution is 6.07. The summed E-state index contributed by atoms with van der Waals surface area (Å²) in [7, 11) is 0. The summed E-state index contributed by atoms with van der Waals surface area (Å²) in [5.74, 6) is -2.81. The van der Waals surface area contributed by atoms with E-state index in [1.54, 1.807) is 38.1 Å². The van der Waals surface area contributed by atoms with E-state index in [2.05, 4.69) is 25.8 Å². The number of imidazole rings is 1. The molecule has 0 spiro atoms. The number of alkyl halides is 3. The number of aromatic amines is 1. The van der Waals surface area contributed by atoms with E-state index in [4.69, 9.17) is 14.6 Å². The molecule has 4 N–H and O–H groups in total. The average molecular weight is 763 g/mol. The molecule has 0 unspecified atom stereocenters. The molecule has 0 aliphatic carbocycles. The fraction of sp³-hybridized carbons (Fsp3) is 0.333. The summed E-state index contributed by atoms with van der Waals surface area (Å²) in [6, 6.07) is 15.9. The number of benzene rings is 3. The Hall–Kier alpha value is -5.87. The summed E-state index contributed by atoms with van der Waals surface area (Å²) in [5, 5.41) is 21.8. The number of H-pyrrole nitrogens is 1. The number of aryl methyl sites for hydroxylation is 3. The molecule has 0 radical (unpaired) electrons. The summed E-state index contributed by atoms with van der Waals surface area (Å²) < 4.78 is 53.2. The normalized spacial score (nSPS) is 12.1. The summed E-state index contributed by atoms with van der Waals surface area (Å²) in [4.78, 5) is 53.3. The van der Waals surface area contributed by atoms with Crippen LogP contribution in [-0.2, 0) is 38.1 Å². The van der Waals surface area contributed by atoms with Gasteiger partial charge in [-0.05, 0) is 67.3 Å². The number of halogens is 3. The van der Waals surface area contributed by atoms with Crippen molar-refractivity contribution in [3.8, 4) is 5.69 Å². The number of Topliss-reactive ketones (excluding diaryl/α,β-unsaturated/α-hetero) is 1. The maximum atomic E-state index is 13.7. The number of hydrogen-bond donors (Lipinski definition) is 4. The lowest BCUT2D eigenvalue weighted by Crippen LogP contribution is -2.33. The predicted octanol–water partition coefficient (Wildman–Crippen LogP) is 5.95. The quantitative estimate of drug-likeness (QED) is 0.0585. The molecule has 1 atom stereocenters. The summed E-state index contributed by atoms with van der Waals surface area (Å²) in [5.41, 5.74) is 2.86. The highest BCUT2D eigenvalue weighted by Crippen LogP contribution is 2.32. The van der Waals surface area contributed by atoms with Crippen molar-refractivity contribution in [2.75, 3.05) is 38.3 Å². The average Bonchev–Trinajstić information content (AvgIpc) is 3.78. The number of rotatable bonds is 19. The number of aliphatic carboxylic acids is 1. The van der Waals surface area contributed by atoms with Crippen molar-refractivity contribution in [3.63, 3.8) is 0 Å². The van der Waals surface area contributed by atoms with Gasteiger partial charge in [-0.15, -0.1) is 0 Å². The van der Waals surface area contributed by atoms with Gasteiger partial charge in [0.25, 0.3) is 5.91 Å². The van der Waals surface area contributed by atoms with E-state index >= 15 is 0 Å². The molecule has 290 valence electrons. The first-order chi connectivity index (χ1) is 26.3. The largest absolute Gasteiger partial charge is 0.481 e. The van der Waals surface area contributed by atoms with Crippen molar-refractivity contribution in [1.82, 2.24) is 25.1 Å². The minimum absolute atomic E-state index is 0.0437. The smallest absolute Gasteiger partial charge is 0.416 e. The van der Waals surface area contributed by atoms with Crippen molar-refractivity contribution in [1.29, 1.82) is 0 Å². The monoisotopic (exact) mass is 762 g/mol. The van der Waals surface area contributed by atoms with Crippen LogP contribution in [0, 0.1) is 12.8 Å². The van der Waals surface area contributed by atoms with Crippen LogP contribution in [0.25, 0.3) is 16.6 Å². The van der Waals surface area contributed by atoms with Gasteiger partial charge in [0.2, 0.25) is 5.91 Å². The van der Waals surface area contributed by atoms with Crippen molar-refractivity contribution in [2.24, 2.45) is 5.92 Å². The Morgan fingerprint density at radius 3 is 2.40 bits per heavy atom. The van der Waals surface area contributed by atoms with Crippen LogP contribution in [0.3, 0.4) is 0 Å². The zero-order chi connectivity index (χ0) is 39.5. The number of ketones is 1. The lowest BCUT2D eigenvalue weighted by atomic mass is 9.99. The van der Waals surface area contributed by atoms with Crippen LogP contribution in [0.15, 0.2) is 73.2 Å². The molecule has 2 aromatic heterocycles. The number of fused-ring (bicyclic) bond motifs is 1. The molecule has 3 aromatic carbocycles. The van der Waals surface area contributed by atoms with Crippen LogP contribution < -0.4 is 10.6 Å². The zero-order valence-corrected chi connectivity index (χ0v) is 30.2. The predicted molar refractivity (Wildman–Crippen MR) is 196 cm³/mol. The molecule has 0 aliphatic heterocycles. The lowest BCUT2D eigenvalue weighted by Gasteiger charge is -2.14. The molecule has 2 heterocycles. The van der Waals surface area contributed by atoms with E-state index in [1.165, 1.54) is 23.2 Å². The van der Waals surface area contributed by atoms with E-state index in [-0.39, 0.29) is 74.4 Å². The number of nitrogens with one attached hydrogen (secondary N) is 3. The molecule has 0 saturated carbocycles. The molecule has 5 aromatic rings. The van der Waals surface area contributed by atoms with E-state index in [0.717, 1.165) is 23.3 Å². The molecule has 0 fully saturated rings. The number of carboxylic acids is 1. The third-order valence-corrected chi connectivity index (χ3v) is 8.70. The topological polar surface area (TPSA) is 178 Å². The highest BCUT2D eigenvalue weighted by atomic mass is 19.4. The van der Waals surface area contributed by atoms with Gasteiger partial charge in [0.1, 0.15) is 5.69 Å². The van der Waals surface area contributed by atoms with Gasteiger partial charge in [-0.3, -0.25) is 24.3 Å². The van der Waals surface area contributed by atoms with E-state index in [1.807, 2.05) is 18.2 Å². The van der Waals surface area contributed by atoms with Gasteiger partial charge in [0.15, 0.2) is 5.78 Å². The van der Waals surface area contributed by atoms with Gasteiger partial charge in [-0.25, -0.2) is 4.98 Å². The Morgan fingerprint density at radius 2 is 1.69 bits per heavy atom. The first kappa shape index (κ1) is 40.3. The van der Waals surface area contributed by atoms with Crippen molar-refractivity contribution in [2.45, 2.75) is 45.7 Å². The van der Waals surface area contributed by atoms with E-state index in [9.17, 15) is 32.3 Å². The Kier molecular flexibility index (Phi) is 13.5. The van der Waals surface area contributed by atoms with Crippen molar-refractivity contribution < 1.29 is 46.9 Å². The number of aromatic nitrogens is 4. The molecular weight excluding hydrogens is 721 g/mol. The maximum Gasteiger partial charge on any atom is 0.416 e. The van der Waals surface area contributed by atoms with Crippen LogP contribution in [0.5, 0.6) is 0 Å². The van der Waals surface area contributed by atoms with Gasteiger partial charge >= 0.3 is 12.1 Å². The Bertz CT molecular complexity index is 2150. The zero-order valence-electron chi connectivity index (χ0n) is 30.2. The third kappa shape index (κ3) is 11.3. The minimum Gasteiger partial charge on any atom is -0.481 e. The molecule has 2 amide bonds.